The summed E-state index contributed by atoms with van der Waals surface area (Å²) >= 11 is 0. The number of anilines is 2. The minimum absolute atomic E-state index is 0.142. The van der Waals surface area contributed by atoms with Crippen LogP contribution in [-0.4, -0.2) is 29.6 Å². The molecule has 1 heterocycles. The van der Waals surface area contributed by atoms with E-state index in [2.05, 4.69) is 28.3 Å². The van der Waals surface area contributed by atoms with Crippen LogP contribution >= 0.6 is 0 Å². The lowest BCUT2D eigenvalue weighted by Gasteiger charge is -2.24. The van der Waals surface area contributed by atoms with Crippen LogP contribution in [-0.2, 0) is 6.42 Å². The standard InChI is InChI=1S/C14H23N5/c1-5-7-12-17-13(16-6-2)10-14(18-12)19(4)11(3)8-9-15/h10-11H,5-8H2,1-4H3,(H,16,17,18). The molecule has 0 fully saturated rings. The fourth-order valence-corrected chi connectivity index (χ4v) is 1.77. The lowest BCUT2D eigenvalue weighted by Crippen LogP contribution is -2.29. The van der Waals surface area contributed by atoms with Crippen LogP contribution in [0.1, 0.15) is 39.4 Å². The van der Waals surface area contributed by atoms with Gasteiger partial charge < -0.3 is 10.2 Å². The summed E-state index contributed by atoms with van der Waals surface area (Å²) < 4.78 is 0. The Balaban J connectivity index is 3.00. The third-order valence-electron chi connectivity index (χ3n) is 3.00. The van der Waals surface area contributed by atoms with E-state index in [-0.39, 0.29) is 6.04 Å². The maximum atomic E-state index is 8.79. The first-order valence-corrected chi connectivity index (χ1v) is 6.83. The normalized spacial score (nSPS) is 11.7. The molecule has 0 radical (unpaired) electrons. The SMILES string of the molecule is CCCc1nc(NCC)cc(N(C)C(C)CC#N)n1. The summed E-state index contributed by atoms with van der Waals surface area (Å²) in [4.78, 5) is 11.1. The van der Waals surface area contributed by atoms with Gasteiger partial charge in [0.15, 0.2) is 0 Å². The van der Waals surface area contributed by atoms with Crippen LogP contribution in [0.2, 0.25) is 0 Å². The summed E-state index contributed by atoms with van der Waals surface area (Å²) in [5.41, 5.74) is 0. The van der Waals surface area contributed by atoms with Gasteiger partial charge in [0, 0.05) is 32.1 Å². The molecule has 0 saturated carbocycles. The summed E-state index contributed by atoms with van der Waals surface area (Å²) in [6, 6.07) is 4.28. The number of hydrogen-bond donors (Lipinski definition) is 1. The Morgan fingerprint density at radius 3 is 2.74 bits per heavy atom. The molecule has 1 unspecified atom stereocenters. The smallest absolute Gasteiger partial charge is 0.134 e. The van der Waals surface area contributed by atoms with E-state index >= 15 is 0 Å². The van der Waals surface area contributed by atoms with Crippen molar-refractivity contribution in [2.75, 3.05) is 23.8 Å². The second-order valence-corrected chi connectivity index (χ2v) is 4.63. The molecule has 5 nitrogen and oxygen atoms in total. The Kier molecular flexibility index (Phi) is 6.07. The Bertz CT molecular complexity index is 414. The van der Waals surface area contributed by atoms with Crippen LogP contribution in [0, 0.1) is 11.3 Å². The van der Waals surface area contributed by atoms with Gasteiger partial charge in [0.25, 0.3) is 0 Å². The first kappa shape index (κ1) is 15.2. The molecular formula is C14H23N5. The van der Waals surface area contributed by atoms with Crippen molar-refractivity contribution >= 4 is 11.6 Å². The van der Waals surface area contributed by atoms with E-state index < -0.39 is 0 Å². The van der Waals surface area contributed by atoms with Crippen molar-refractivity contribution in [1.82, 2.24) is 9.97 Å². The molecule has 19 heavy (non-hydrogen) atoms. The number of nitrogens with zero attached hydrogens (tertiary/aromatic N) is 4. The Hall–Kier alpha value is -1.83. The second-order valence-electron chi connectivity index (χ2n) is 4.63. The lowest BCUT2D eigenvalue weighted by molar-refractivity contribution is 0.687. The molecule has 1 atom stereocenters. The van der Waals surface area contributed by atoms with Gasteiger partial charge in [-0.05, 0) is 20.3 Å². The van der Waals surface area contributed by atoms with Crippen molar-refractivity contribution in [3.63, 3.8) is 0 Å². The van der Waals surface area contributed by atoms with Gasteiger partial charge in [-0.15, -0.1) is 0 Å². The van der Waals surface area contributed by atoms with Crippen LogP contribution < -0.4 is 10.2 Å². The molecular weight excluding hydrogens is 238 g/mol. The molecule has 0 amide bonds. The second kappa shape index (κ2) is 7.57. The van der Waals surface area contributed by atoms with Crippen molar-refractivity contribution in [2.45, 2.75) is 46.1 Å². The van der Waals surface area contributed by atoms with Crippen LogP contribution in [0.4, 0.5) is 11.6 Å². The van der Waals surface area contributed by atoms with Crippen LogP contribution in [0.5, 0.6) is 0 Å². The van der Waals surface area contributed by atoms with Gasteiger partial charge in [0.2, 0.25) is 0 Å². The van der Waals surface area contributed by atoms with Crippen LogP contribution in [0.15, 0.2) is 6.07 Å². The Morgan fingerprint density at radius 2 is 2.16 bits per heavy atom. The van der Waals surface area contributed by atoms with E-state index in [0.717, 1.165) is 36.8 Å². The molecule has 1 aromatic rings. The van der Waals surface area contributed by atoms with Gasteiger partial charge in [-0.2, -0.15) is 5.26 Å². The van der Waals surface area contributed by atoms with Crippen molar-refractivity contribution < 1.29 is 0 Å². The molecule has 0 saturated heterocycles. The molecule has 0 aliphatic heterocycles. The fraction of sp³-hybridized carbons (Fsp3) is 0.643. The van der Waals surface area contributed by atoms with Gasteiger partial charge in [0.1, 0.15) is 17.5 Å². The summed E-state index contributed by atoms with van der Waals surface area (Å²) in [6.07, 6.45) is 2.37. The highest BCUT2D eigenvalue weighted by atomic mass is 15.2. The minimum atomic E-state index is 0.142. The van der Waals surface area contributed by atoms with E-state index in [1.165, 1.54) is 0 Å². The molecule has 0 spiro atoms. The van der Waals surface area contributed by atoms with Gasteiger partial charge in [-0.3, -0.25) is 0 Å². The predicted molar refractivity (Wildman–Crippen MR) is 78.3 cm³/mol. The zero-order valence-electron chi connectivity index (χ0n) is 12.3. The minimum Gasteiger partial charge on any atom is -0.370 e. The Morgan fingerprint density at radius 1 is 1.42 bits per heavy atom. The highest BCUT2D eigenvalue weighted by Gasteiger charge is 2.13. The number of hydrogen-bond acceptors (Lipinski definition) is 5. The van der Waals surface area contributed by atoms with Crippen molar-refractivity contribution in [1.29, 1.82) is 5.26 Å². The molecule has 1 rings (SSSR count). The van der Waals surface area contributed by atoms with Gasteiger partial charge >= 0.3 is 0 Å². The number of aromatic nitrogens is 2. The van der Waals surface area contributed by atoms with E-state index in [1.54, 1.807) is 0 Å². The van der Waals surface area contributed by atoms with Gasteiger partial charge in [0.05, 0.1) is 12.5 Å². The fourth-order valence-electron chi connectivity index (χ4n) is 1.77. The Labute approximate surface area is 115 Å². The van der Waals surface area contributed by atoms with Gasteiger partial charge in [-0.25, -0.2) is 9.97 Å². The largest absolute Gasteiger partial charge is 0.370 e. The van der Waals surface area contributed by atoms with E-state index in [1.807, 2.05) is 31.9 Å². The summed E-state index contributed by atoms with van der Waals surface area (Å²) in [5.74, 6) is 2.58. The molecule has 0 aromatic carbocycles. The van der Waals surface area contributed by atoms with Crippen LogP contribution in [0.25, 0.3) is 0 Å². The van der Waals surface area contributed by atoms with Crippen LogP contribution in [0.3, 0.4) is 0 Å². The highest BCUT2D eigenvalue weighted by Crippen LogP contribution is 2.18. The number of aryl methyl sites for hydroxylation is 1. The highest BCUT2D eigenvalue weighted by molar-refractivity contribution is 5.49. The number of nitrogens with one attached hydrogen (secondary N) is 1. The summed E-state index contributed by atoms with van der Waals surface area (Å²) in [6.45, 7) is 7.02. The van der Waals surface area contributed by atoms with E-state index in [9.17, 15) is 0 Å². The third-order valence-corrected chi connectivity index (χ3v) is 3.00. The molecule has 0 bridgehead atoms. The molecule has 0 aliphatic carbocycles. The molecule has 1 N–H and O–H groups in total. The zero-order chi connectivity index (χ0) is 14.3. The van der Waals surface area contributed by atoms with E-state index in [4.69, 9.17) is 5.26 Å². The average Bonchev–Trinajstić information content (AvgIpc) is 2.38. The third kappa shape index (κ3) is 4.40. The maximum Gasteiger partial charge on any atom is 0.134 e. The first-order chi connectivity index (χ1) is 9.12. The molecule has 1 aromatic heterocycles. The van der Waals surface area contributed by atoms with Crippen molar-refractivity contribution in [3.8, 4) is 6.07 Å². The predicted octanol–water partition coefficient (Wildman–Crippen LogP) is 2.60. The monoisotopic (exact) mass is 261 g/mol. The lowest BCUT2D eigenvalue weighted by atomic mass is 10.2. The number of nitriles is 1. The number of rotatable bonds is 7. The van der Waals surface area contributed by atoms with Gasteiger partial charge in [-0.1, -0.05) is 6.92 Å². The molecule has 104 valence electrons. The first-order valence-electron chi connectivity index (χ1n) is 6.83. The summed E-state index contributed by atoms with van der Waals surface area (Å²) in [7, 11) is 1.97. The molecule has 0 aliphatic rings. The quantitative estimate of drug-likeness (QED) is 0.817. The maximum absolute atomic E-state index is 8.79. The summed E-state index contributed by atoms with van der Waals surface area (Å²) in [5, 5.41) is 12.0. The van der Waals surface area contributed by atoms with Crippen molar-refractivity contribution in [2.24, 2.45) is 0 Å². The zero-order valence-corrected chi connectivity index (χ0v) is 12.3. The topological polar surface area (TPSA) is 64.8 Å². The molecule has 5 heteroatoms. The van der Waals surface area contributed by atoms with E-state index in [0.29, 0.717) is 6.42 Å². The van der Waals surface area contributed by atoms with Crippen molar-refractivity contribution in [3.05, 3.63) is 11.9 Å². The average molecular weight is 261 g/mol.